The Morgan fingerprint density at radius 2 is 2.00 bits per heavy atom. The predicted octanol–water partition coefficient (Wildman–Crippen LogP) is 2.72. The van der Waals surface area contributed by atoms with Crippen LogP contribution in [0, 0.1) is 12.8 Å². The normalized spacial score (nSPS) is 15.3. The number of rotatable bonds is 6. The third kappa shape index (κ3) is 5.05. The number of nitrogens with one attached hydrogen (secondary N) is 1. The van der Waals surface area contributed by atoms with Gasteiger partial charge in [0.05, 0.1) is 10.6 Å². The zero-order valence-electron chi connectivity index (χ0n) is 12.3. The average Bonchev–Trinajstić information content (AvgIpc) is 2.24. The maximum atomic E-state index is 12.2. The molecule has 114 valence electrons. The molecule has 0 aliphatic carbocycles. The molecule has 0 aliphatic rings. The Kier molecular flexibility index (Phi) is 5.61. The summed E-state index contributed by atoms with van der Waals surface area (Å²) < 4.78 is 26.8. The van der Waals surface area contributed by atoms with Gasteiger partial charge >= 0.3 is 0 Å². The van der Waals surface area contributed by atoms with E-state index in [1.807, 2.05) is 20.8 Å². The van der Waals surface area contributed by atoms with Crippen LogP contribution in [-0.2, 0) is 10.0 Å². The second-order valence-corrected chi connectivity index (χ2v) is 8.00. The van der Waals surface area contributed by atoms with Crippen LogP contribution in [0.4, 0.5) is 0 Å². The standard InChI is InChI=1S/C14H22ClNO3S/c1-10(2)8-14(4,17)9-16-20(18,19)13-6-5-11(3)7-12(13)15/h5-7,10,16-17H,8-9H2,1-4H3. The topological polar surface area (TPSA) is 66.4 Å². The van der Waals surface area contributed by atoms with Gasteiger partial charge in [-0.05, 0) is 43.9 Å². The van der Waals surface area contributed by atoms with E-state index >= 15 is 0 Å². The van der Waals surface area contributed by atoms with Crippen LogP contribution in [0.2, 0.25) is 5.02 Å². The summed E-state index contributed by atoms with van der Waals surface area (Å²) in [7, 11) is -3.72. The van der Waals surface area contributed by atoms with E-state index in [1.54, 1.807) is 19.1 Å². The molecule has 0 amide bonds. The van der Waals surface area contributed by atoms with Crippen molar-refractivity contribution in [3.8, 4) is 0 Å². The van der Waals surface area contributed by atoms with Gasteiger partial charge in [0.15, 0.2) is 0 Å². The van der Waals surface area contributed by atoms with Crippen LogP contribution < -0.4 is 4.72 Å². The van der Waals surface area contributed by atoms with Gasteiger partial charge in [0.2, 0.25) is 10.0 Å². The summed E-state index contributed by atoms with van der Waals surface area (Å²) in [4.78, 5) is 0.0325. The number of aryl methyl sites for hydroxylation is 1. The quantitative estimate of drug-likeness (QED) is 0.847. The molecule has 1 atom stereocenters. The summed E-state index contributed by atoms with van der Waals surface area (Å²) in [5.74, 6) is 0.275. The molecular formula is C14H22ClNO3S. The summed E-state index contributed by atoms with van der Waals surface area (Å²) in [5, 5.41) is 10.3. The fourth-order valence-corrected chi connectivity index (χ4v) is 3.86. The molecule has 1 rings (SSSR count). The van der Waals surface area contributed by atoms with Gasteiger partial charge in [0.1, 0.15) is 4.90 Å². The molecule has 1 aromatic rings. The third-order valence-corrected chi connectivity index (χ3v) is 4.75. The molecule has 0 fully saturated rings. The Labute approximate surface area is 126 Å². The zero-order chi connectivity index (χ0) is 15.6. The molecule has 0 spiro atoms. The molecule has 0 radical (unpaired) electrons. The first kappa shape index (κ1) is 17.4. The molecule has 20 heavy (non-hydrogen) atoms. The molecule has 1 aromatic carbocycles. The zero-order valence-corrected chi connectivity index (χ0v) is 13.8. The first-order valence-electron chi connectivity index (χ1n) is 6.52. The Hall–Kier alpha value is -0.620. The molecule has 4 nitrogen and oxygen atoms in total. The van der Waals surface area contributed by atoms with E-state index in [-0.39, 0.29) is 22.4 Å². The predicted molar refractivity (Wildman–Crippen MR) is 81.5 cm³/mol. The van der Waals surface area contributed by atoms with Gasteiger partial charge in [-0.25, -0.2) is 13.1 Å². The maximum Gasteiger partial charge on any atom is 0.242 e. The average molecular weight is 320 g/mol. The van der Waals surface area contributed by atoms with E-state index in [1.165, 1.54) is 6.07 Å². The van der Waals surface area contributed by atoms with Gasteiger partial charge in [-0.3, -0.25) is 0 Å². The van der Waals surface area contributed by atoms with Crippen molar-refractivity contribution in [2.75, 3.05) is 6.54 Å². The largest absolute Gasteiger partial charge is 0.389 e. The molecule has 1 unspecified atom stereocenters. The fraction of sp³-hybridized carbons (Fsp3) is 0.571. The Morgan fingerprint density at radius 3 is 2.50 bits per heavy atom. The maximum absolute atomic E-state index is 12.2. The lowest BCUT2D eigenvalue weighted by Crippen LogP contribution is -2.41. The molecule has 0 aliphatic heterocycles. The highest BCUT2D eigenvalue weighted by Crippen LogP contribution is 2.23. The molecule has 2 N–H and O–H groups in total. The first-order chi connectivity index (χ1) is 9.03. The Morgan fingerprint density at radius 1 is 1.40 bits per heavy atom. The summed E-state index contributed by atoms with van der Waals surface area (Å²) in [6.07, 6.45) is 0.511. The highest BCUT2D eigenvalue weighted by atomic mass is 35.5. The van der Waals surface area contributed by atoms with Crippen LogP contribution in [0.25, 0.3) is 0 Å². The highest BCUT2D eigenvalue weighted by Gasteiger charge is 2.26. The van der Waals surface area contributed by atoms with Crippen LogP contribution >= 0.6 is 11.6 Å². The minimum absolute atomic E-state index is 0.0325. The van der Waals surface area contributed by atoms with Gasteiger partial charge in [0.25, 0.3) is 0 Å². The second kappa shape index (κ2) is 6.43. The molecule has 0 heterocycles. The van der Waals surface area contributed by atoms with Gasteiger partial charge in [0, 0.05) is 6.54 Å². The minimum atomic E-state index is -3.72. The van der Waals surface area contributed by atoms with Gasteiger partial charge in [-0.2, -0.15) is 0 Å². The van der Waals surface area contributed by atoms with Crippen molar-refractivity contribution < 1.29 is 13.5 Å². The lowest BCUT2D eigenvalue weighted by Gasteiger charge is -2.25. The summed E-state index contributed by atoms with van der Waals surface area (Å²) in [5.41, 5.74) is -0.195. The third-order valence-electron chi connectivity index (χ3n) is 2.87. The molecule has 0 aromatic heterocycles. The van der Waals surface area contributed by atoms with E-state index < -0.39 is 15.6 Å². The number of hydrogen-bond acceptors (Lipinski definition) is 3. The number of benzene rings is 1. The van der Waals surface area contributed by atoms with Crippen molar-refractivity contribution in [2.45, 2.75) is 44.6 Å². The van der Waals surface area contributed by atoms with Crippen LogP contribution in [-0.4, -0.2) is 25.7 Å². The molecular weight excluding hydrogens is 298 g/mol. The number of sulfonamides is 1. The Bertz CT molecular complexity index is 568. The molecule has 0 saturated heterocycles. The van der Waals surface area contributed by atoms with Crippen molar-refractivity contribution in [1.29, 1.82) is 0 Å². The summed E-state index contributed by atoms with van der Waals surface area (Å²) >= 11 is 5.97. The van der Waals surface area contributed by atoms with E-state index in [9.17, 15) is 13.5 Å². The summed E-state index contributed by atoms with van der Waals surface area (Å²) in [6, 6.07) is 4.76. The minimum Gasteiger partial charge on any atom is -0.389 e. The molecule has 0 saturated carbocycles. The molecule has 6 heteroatoms. The van der Waals surface area contributed by atoms with Crippen molar-refractivity contribution in [3.63, 3.8) is 0 Å². The van der Waals surface area contributed by atoms with Crippen molar-refractivity contribution >= 4 is 21.6 Å². The van der Waals surface area contributed by atoms with Gasteiger partial charge in [-0.1, -0.05) is 31.5 Å². The van der Waals surface area contributed by atoms with Crippen LogP contribution in [0.3, 0.4) is 0 Å². The van der Waals surface area contributed by atoms with Gasteiger partial charge in [-0.15, -0.1) is 0 Å². The second-order valence-electron chi connectivity index (χ2n) is 5.85. The number of aliphatic hydroxyl groups is 1. The molecule has 0 bridgehead atoms. The van der Waals surface area contributed by atoms with Crippen molar-refractivity contribution in [2.24, 2.45) is 5.92 Å². The van der Waals surface area contributed by atoms with E-state index in [0.29, 0.717) is 6.42 Å². The first-order valence-corrected chi connectivity index (χ1v) is 8.38. The highest BCUT2D eigenvalue weighted by molar-refractivity contribution is 7.89. The fourth-order valence-electron chi connectivity index (χ4n) is 2.10. The van der Waals surface area contributed by atoms with Crippen molar-refractivity contribution in [1.82, 2.24) is 4.72 Å². The van der Waals surface area contributed by atoms with E-state index in [4.69, 9.17) is 11.6 Å². The lowest BCUT2D eigenvalue weighted by atomic mass is 9.95. The summed E-state index contributed by atoms with van der Waals surface area (Å²) in [6.45, 7) is 7.35. The van der Waals surface area contributed by atoms with Crippen molar-refractivity contribution in [3.05, 3.63) is 28.8 Å². The van der Waals surface area contributed by atoms with Crippen LogP contribution in [0.15, 0.2) is 23.1 Å². The monoisotopic (exact) mass is 319 g/mol. The number of hydrogen-bond donors (Lipinski definition) is 2. The van der Waals surface area contributed by atoms with Gasteiger partial charge < -0.3 is 5.11 Å². The lowest BCUT2D eigenvalue weighted by molar-refractivity contribution is 0.0437. The van der Waals surface area contributed by atoms with Crippen LogP contribution in [0.5, 0.6) is 0 Å². The van der Waals surface area contributed by atoms with Crippen LogP contribution in [0.1, 0.15) is 32.8 Å². The number of halogens is 1. The van der Waals surface area contributed by atoms with E-state index in [0.717, 1.165) is 5.56 Å². The SMILES string of the molecule is Cc1ccc(S(=O)(=O)NCC(C)(O)CC(C)C)c(Cl)c1. The van der Waals surface area contributed by atoms with E-state index in [2.05, 4.69) is 4.72 Å². The Balaban J connectivity index is 2.85. The smallest absolute Gasteiger partial charge is 0.242 e.